The third-order valence-corrected chi connectivity index (χ3v) is 3.46. The van der Waals surface area contributed by atoms with Crippen LogP contribution in [-0.4, -0.2) is 27.7 Å². The minimum Gasteiger partial charge on any atom is -0.356 e. The Labute approximate surface area is 118 Å². The monoisotopic (exact) mass is 266 g/mol. The van der Waals surface area contributed by atoms with Gasteiger partial charge in [-0.25, -0.2) is 9.50 Å². The van der Waals surface area contributed by atoms with Gasteiger partial charge in [0.1, 0.15) is 5.82 Å². The third-order valence-electron chi connectivity index (χ3n) is 3.46. The Kier molecular flexibility index (Phi) is 3.37. The Morgan fingerprint density at radius 3 is 2.45 bits per heavy atom. The second kappa shape index (κ2) is 5.33. The zero-order chi connectivity index (χ0) is 13.9. The summed E-state index contributed by atoms with van der Waals surface area (Å²) < 4.78 is 1.86. The zero-order valence-corrected chi connectivity index (χ0v) is 11.8. The second-order valence-corrected chi connectivity index (χ2v) is 4.66. The van der Waals surface area contributed by atoms with Crippen LogP contribution in [0.15, 0.2) is 48.7 Å². The number of benzene rings is 1. The van der Waals surface area contributed by atoms with Crippen LogP contribution in [0.1, 0.15) is 13.8 Å². The van der Waals surface area contributed by atoms with Gasteiger partial charge in [-0.05, 0) is 26.0 Å². The summed E-state index contributed by atoms with van der Waals surface area (Å²) in [5.74, 6) is 0.986. The summed E-state index contributed by atoms with van der Waals surface area (Å²) in [6.07, 6.45) is 1.98. The summed E-state index contributed by atoms with van der Waals surface area (Å²) in [4.78, 5) is 6.84. The highest BCUT2D eigenvalue weighted by molar-refractivity contribution is 5.62. The van der Waals surface area contributed by atoms with Crippen LogP contribution >= 0.6 is 0 Å². The Balaban J connectivity index is 2.04. The fourth-order valence-electron chi connectivity index (χ4n) is 2.34. The maximum Gasteiger partial charge on any atom is 0.154 e. The van der Waals surface area contributed by atoms with Crippen molar-refractivity contribution in [1.82, 2.24) is 14.6 Å². The van der Waals surface area contributed by atoms with E-state index in [1.54, 1.807) is 0 Å². The van der Waals surface area contributed by atoms with Crippen LogP contribution in [0.4, 0.5) is 5.82 Å². The SMILES string of the molecule is CCN(CC)c1ccc2nc(-c3ccccc3)cn2n1. The van der Waals surface area contributed by atoms with Crippen molar-refractivity contribution >= 4 is 11.5 Å². The second-order valence-electron chi connectivity index (χ2n) is 4.66. The number of rotatable bonds is 4. The van der Waals surface area contributed by atoms with E-state index in [4.69, 9.17) is 0 Å². The van der Waals surface area contributed by atoms with Crippen molar-refractivity contribution < 1.29 is 0 Å². The van der Waals surface area contributed by atoms with Gasteiger partial charge in [-0.2, -0.15) is 0 Å². The van der Waals surface area contributed by atoms with Crippen LogP contribution in [-0.2, 0) is 0 Å². The molecule has 0 saturated carbocycles. The molecule has 0 aliphatic carbocycles. The minimum atomic E-state index is 0.875. The quantitative estimate of drug-likeness (QED) is 0.727. The molecule has 0 aliphatic rings. The first kappa shape index (κ1) is 12.7. The van der Waals surface area contributed by atoms with Gasteiger partial charge in [0.15, 0.2) is 5.65 Å². The molecule has 20 heavy (non-hydrogen) atoms. The lowest BCUT2D eigenvalue weighted by Gasteiger charge is -2.19. The normalized spacial score (nSPS) is 10.9. The van der Waals surface area contributed by atoms with Gasteiger partial charge in [0.25, 0.3) is 0 Å². The molecule has 0 unspecified atom stereocenters. The molecule has 1 aromatic carbocycles. The van der Waals surface area contributed by atoms with Crippen molar-refractivity contribution in [3.63, 3.8) is 0 Å². The molecular formula is C16H18N4. The summed E-state index contributed by atoms with van der Waals surface area (Å²) in [5, 5.41) is 4.64. The highest BCUT2D eigenvalue weighted by Gasteiger charge is 2.08. The van der Waals surface area contributed by atoms with Crippen molar-refractivity contribution in [1.29, 1.82) is 0 Å². The molecule has 0 bridgehead atoms. The van der Waals surface area contributed by atoms with Gasteiger partial charge in [0, 0.05) is 18.7 Å². The molecule has 0 amide bonds. The van der Waals surface area contributed by atoms with Crippen LogP contribution in [0.5, 0.6) is 0 Å². The number of aromatic nitrogens is 3. The molecule has 0 radical (unpaired) electrons. The lowest BCUT2D eigenvalue weighted by molar-refractivity contribution is 0.808. The van der Waals surface area contributed by atoms with Gasteiger partial charge < -0.3 is 4.90 Å². The molecule has 0 N–H and O–H groups in total. The first-order chi connectivity index (χ1) is 9.81. The maximum absolute atomic E-state index is 4.64. The number of nitrogens with zero attached hydrogens (tertiary/aromatic N) is 4. The topological polar surface area (TPSA) is 33.4 Å². The van der Waals surface area contributed by atoms with Crippen molar-refractivity contribution in [2.75, 3.05) is 18.0 Å². The van der Waals surface area contributed by atoms with E-state index in [1.807, 2.05) is 41.0 Å². The maximum atomic E-state index is 4.64. The van der Waals surface area contributed by atoms with E-state index in [-0.39, 0.29) is 0 Å². The van der Waals surface area contributed by atoms with E-state index < -0.39 is 0 Å². The zero-order valence-electron chi connectivity index (χ0n) is 11.8. The Bertz CT molecular complexity index is 699. The number of hydrogen-bond donors (Lipinski definition) is 0. The molecule has 3 rings (SSSR count). The molecular weight excluding hydrogens is 248 g/mol. The van der Waals surface area contributed by atoms with Crippen molar-refractivity contribution in [3.05, 3.63) is 48.7 Å². The Hall–Kier alpha value is -2.36. The number of imidazole rings is 1. The molecule has 4 heteroatoms. The van der Waals surface area contributed by atoms with Crippen LogP contribution in [0, 0.1) is 0 Å². The fraction of sp³-hybridized carbons (Fsp3) is 0.250. The van der Waals surface area contributed by atoms with E-state index in [2.05, 4.69) is 41.0 Å². The first-order valence-electron chi connectivity index (χ1n) is 6.98. The molecule has 3 aromatic rings. The van der Waals surface area contributed by atoms with Gasteiger partial charge >= 0.3 is 0 Å². The van der Waals surface area contributed by atoms with Gasteiger partial charge in [-0.1, -0.05) is 30.3 Å². The molecule has 102 valence electrons. The largest absolute Gasteiger partial charge is 0.356 e. The predicted octanol–water partition coefficient (Wildman–Crippen LogP) is 3.24. The van der Waals surface area contributed by atoms with Crippen LogP contribution in [0.3, 0.4) is 0 Å². The highest BCUT2D eigenvalue weighted by atomic mass is 15.3. The molecule has 2 heterocycles. The van der Waals surface area contributed by atoms with Gasteiger partial charge in [0.05, 0.1) is 11.9 Å². The predicted molar refractivity (Wildman–Crippen MR) is 82.0 cm³/mol. The third kappa shape index (κ3) is 2.25. The molecule has 0 fully saturated rings. The van der Waals surface area contributed by atoms with Crippen LogP contribution in [0.25, 0.3) is 16.9 Å². The fourth-order valence-corrected chi connectivity index (χ4v) is 2.34. The van der Waals surface area contributed by atoms with Crippen LogP contribution < -0.4 is 4.90 Å². The summed E-state index contributed by atoms with van der Waals surface area (Å²) in [6, 6.07) is 14.2. The van der Waals surface area contributed by atoms with E-state index in [0.29, 0.717) is 0 Å². The van der Waals surface area contributed by atoms with E-state index in [1.165, 1.54) is 0 Å². The van der Waals surface area contributed by atoms with E-state index in [0.717, 1.165) is 35.8 Å². The van der Waals surface area contributed by atoms with Gasteiger partial charge in [-0.15, -0.1) is 5.10 Å². The van der Waals surface area contributed by atoms with Crippen molar-refractivity contribution in [2.24, 2.45) is 0 Å². The standard InChI is InChI=1S/C16H18N4/c1-3-19(4-2)16-11-10-15-17-14(12-20(15)18-16)13-8-6-5-7-9-13/h5-12H,3-4H2,1-2H3. The number of anilines is 1. The molecule has 0 atom stereocenters. The average Bonchev–Trinajstić information content (AvgIpc) is 2.93. The summed E-state index contributed by atoms with van der Waals surface area (Å²) in [5.41, 5.74) is 2.94. The van der Waals surface area contributed by atoms with Crippen LogP contribution in [0.2, 0.25) is 0 Å². The first-order valence-corrected chi connectivity index (χ1v) is 6.98. The van der Waals surface area contributed by atoms with E-state index >= 15 is 0 Å². The molecule has 0 aliphatic heterocycles. The average molecular weight is 266 g/mol. The van der Waals surface area contributed by atoms with Crippen molar-refractivity contribution in [2.45, 2.75) is 13.8 Å². The smallest absolute Gasteiger partial charge is 0.154 e. The highest BCUT2D eigenvalue weighted by Crippen LogP contribution is 2.19. The number of fused-ring (bicyclic) bond motifs is 1. The molecule has 0 spiro atoms. The van der Waals surface area contributed by atoms with Gasteiger partial charge in [-0.3, -0.25) is 0 Å². The summed E-state index contributed by atoms with van der Waals surface area (Å²) >= 11 is 0. The summed E-state index contributed by atoms with van der Waals surface area (Å²) in [6.45, 7) is 6.18. The molecule has 4 nitrogen and oxygen atoms in total. The van der Waals surface area contributed by atoms with E-state index in [9.17, 15) is 0 Å². The van der Waals surface area contributed by atoms with Crippen molar-refractivity contribution in [3.8, 4) is 11.3 Å². The summed E-state index contributed by atoms with van der Waals surface area (Å²) in [7, 11) is 0. The minimum absolute atomic E-state index is 0.875. The Morgan fingerprint density at radius 1 is 1.00 bits per heavy atom. The Morgan fingerprint density at radius 2 is 1.75 bits per heavy atom. The molecule has 0 saturated heterocycles. The number of hydrogen-bond acceptors (Lipinski definition) is 3. The van der Waals surface area contributed by atoms with Gasteiger partial charge in [0.2, 0.25) is 0 Å². The lowest BCUT2D eigenvalue weighted by atomic mass is 10.2. The lowest BCUT2D eigenvalue weighted by Crippen LogP contribution is -2.23. The molecule has 2 aromatic heterocycles.